The van der Waals surface area contributed by atoms with E-state index in [1.807, 2.05) is 49.4 Å². The van der Waals surface area contributed by atoms with Crippen LogP contribution in [0.5, 0.6) is 5.75 Å². The Labute approximate surface area is 175 Å². The van der Waals surface area contributed by atoms with E-state index in [1.165, 1.54) is 6.07 Å². The van der Waals surface area contributed by atoms with Gasteiger partial charge in [0.15, 0.2) is 0 Å². The van der Waals surface area contributed by atoms with Gasteiger partial charge in [-0.25, -0.2) is 4.39 Å². The normalized spacial score (nSPS) is 17.3. The van der Waals surface area contributed by atoms with Gasteiger partial charge < -0.3 is 15.2 Å². The molecule has 1 atom stereocenters. The first kappa shape index (κ1) is 20.1. The van der Waals surface area contributed by atoms with Crippen LogP contribution in [0.25, 0.3) is 0 Å². The lowest BCUT2D eigenvalue weighted by Gasteiger charge is -2.24. The molecule has 0 spiro atoms. The van der Waals surface area contributed by atoms with Gasteiger partial charge in [0.2, 0.25) is 0 Å². The molecule has 0 aliphatic carbocycles. The molecule has 0 saturated carbocycles. The van der Waals surface area contributed by atoms with Crippen LogP contribution in [0.4, 0.5) is 4.39 Å². The number of hydrogen-bond donors (Lipinski definition) is 2. The Morgan fingerprint density at radius 1 is 1.10 bits per heavy atom. The molecule has 4 rings (SSSR count). The number of halogens is 1. The summed E-state index contributed by atoms with van der Waals surface area (Å²) in [6.07, 6.45) is 1.07. The second-order valence-corrected chi connectivity index (χ2v) is 7.98. The molecule has 2 N–H and O–H groups in total. The summed E-state index contributed by atoms with van der Waals surface area (Å²) in [5.74, 6) is 0.349. The van der Waals surface area contributed by atoms with Crippen molar-refractivity contribution in [3.8, 4) is 5.75 Å². The van der Waals surface area contributed by atoms with Crippen LogP contribution in [0, 0.1) is 5.82 Å². The molecule has 154 valence electrons. The molecular weight excluding hydrogens is 381 g/mol. The lowest BCUT2D eigenvalue weighted by molar-refractivity contribution is 0.0950. The maximum atomic E-state index is 14.1. The average molecular weight is 405 g/mol. The van der Waals surface area contributed by atoms with E-state index in [-0.39, 0.29) is 18.3 Å². The average Bonchev–Trinajstić information content (AvgIpc) is 3.09. The zero-order chi connectivity index (χ0) is 21.1. The van der Waals surface area contributed by atoms with Crippen molar-refractivity contribution >= 4 is 5.91 Å². The van der Waals surface area contributed by atoms with Crippen molar-refractivity contribution in [3.05, 3.63) is 100 Å². The summed E-state index contributed by atoms with van der Waals surface area (Å²) >= 11 is 0. The predicted molar refractivity (Wildman–Crippen MR) is 113 cm³/mol. The molecule has 0 unspecified atom stereocenters. The minimum absolute atomic E-state index is 0.000328. The van der Waals surface area contributed by atoms with Crippen LogP contribution >= 0.6 is 0 Å². The van der Waals surface area contributed by atoms with Gasteiger partial charge in [-0.3, -0.25) is 4.79 Å². The molecule has 1 aliphatic heterocycles. The largest absolute Gasteiger partial charge is 0.487 e. The van der Waals surface area contributed by atoms with Gasteiger partial charge in [0.1, 0.15) is 17.2 Å². The highest BCUT2D eigenvalue weighted by atomic mass is 19.1. The summed E-state index contributed by atoms with van der Waals surface area (Å²) in [6.45, 7) is 2.37. The van der Waals surface area contributed by atoms with Crippen molar-refractivity contribution in [2.45, 2.75) is 38.5 Å². The predicted octanol–water partition coefficient (Wildman–Crippen LogP) is 4.18. The Morgan fingerprint density at radius 2 is 1.83 bits per heavy atom. The highest BCUT2D eigenvalue weighted by Gasteiger charge is 2.36. The first-order valence-electron chi connectivity index (χ1n) is 9.98. The molecule has 1 aliphatic rings. The number of nitrogens with one attached hydrogen (secondary N) is 1. The van der Waals surface area contributed by atoms with Gasteiger partial charge in [-0.15, -0.1) is 0 Å². The summed E-state index contributed by atoms with van der Waals surface area (Å²) in [5, 5.41) is 12.0. The van der Waals surface area contributed by atoms with Crippen molar-refractivity contribution in [3.63, 3.8) is 0 Å². The van der Waals surface area contributed by atoms with Crippen LogP contribution in [-0.2, 0) is 26.0 Å². The van der Waals surface area contributed by atoms with Crippen LogP contribution in [0.2, 0.25) is 0 Å². The highest BCUT2D eigenvalue weighted by molar-refractivity contribution is 5.94. The molecule has 1 amide bonds. The molecule has 5 heteroatoms. The van der Waals surface area contributed by atoms with Gasteiger partial charge in [-0.2, -0.15) is 0 Å². The second-order valence-electron chi connectivity index (χ2n) is 7.98. The number of ether oxygens (including phenoxy) is 1. The standard InChI is InChI=1S/C25H24FNO3/c1-25(13-20-4-2-3-5-22(20)26)14-21-12-19(10-11-23(21)30-25)24(29)27-15-17-6-8-18(16-28)9-7-17/h2-12,28H,13-16H2,1H3,(H,27,29)/t25-/m0/s1. The fourth-order valence-electron chi connectivity index (χ4n) is 3.85. The van der Waals surface area contributed by atoms with Crippen LogP contribution < -0.4 is 10.1 Å². The Balaban J connectivity index is 1.42. The van der Waals surface area contributed by atoms with E-state index in [9.17, 15) is 9.18 Å². The first-order chi connectivity index (χ1) is 14.5. The molecule has 4 nitrogen and oxygen atoms in total. The topological polar surface area (TPSA) is 58.6 Å². The number of amides is 1. The van der Waals surface area contributed by atoms with Gasteiger partial charge in [-0.1, -0.05) is 42.5 Å². The molecule has 1 heterocycles. The summed E-state index contributed by atoms with van der Waals surface area (Å²) < 4.78 is 20.2. The Hall–Kier alpha value is -3.18. The summed E-state index contributed by atoms with van der Waals surface area (Å²) in [4.78, 5) is 12.6. The quantitative estimate of drug-likeness (QED) is 0.647. The number of carbonyl (C=O) groups excluding carboxylic acids is 1. The van der Waals surface area contributed by atoms with Gasteiger partial charge in [-0.05, 0) is 53.4 Å². The van der Waals surface area contributed by atoms with Crippen LogP contribution in [0.3, 0.4) is 0 Å². The van der Waals surface area contributed by atoms with Crippen molar-refractivity contribution in [2.24, 2.45) is 0 Å². The smallest absolute Gasteiger partial charge is 0.251 e. The zero-order valence-corrected chi connectivity index (χ0v) is 16.8. The maximum Gasteiger partial charge on any atom is 0.251 e. The molecule has 3 aromatic carbocycles. The zero-order valence-electron chi connectivity index (χ0n) is 16.8. The monoisotopic (exact) mass is 405 g/mol. The van der Waals surface area contributed by atoms with E-state index in [2.05, 4.69) is 5.32 Å². The fraction of sp³-hybridized carbons (Fsp3) is 0.240. The van der Waals surface area contributed by atoms with Crippen molar-refractivity contribution in [2.75, 3.05) is 0 Å². The number of benzene rings is 3. The molecular formula is C25H24FNO3. The molecule has 0 fully saturated rings. The third-order valence-corrected chi connectivity index (χ3v) is 5.42. The van der Waals surface area contributed by atoms with Crippen LogP contribution in [0.15, 0.2) is 66.7 Å². The molecule has 3 aromatic rings. The number of fused-ring (bicyclic) bond motifs is 1. The lowest BCUT2D eigenvalue weighted by Crippen LogP contribution is -2.33. The highest BCUT2D eigenvalue weighted by Crippen LogP contribution is 2.37. The van der Waals surface area contributed by atoms with Crippen LogP contribution in [-0.4, -0.2) is 16.6 Å². The van der Waals surface area contributed by atoms with Crippen LogP contribution in [0.1, 0.15) is 39.5 Å². The second kappa shape index (κ2) is 8.28. The number of carbonyl (C=O) groups is 1. The molecule has 0 saturated heterocycles. The Bertz CT molecular complexity index is 1060. The van der Waals surface area contributed by atoms with Crippen molar-refractivity contribution < 1.29 is 19.0 Å². The third kappa shape index (κ3) is 4.36. The van der Waals surface area contributed by atoms with Gasteiger partial charge in [0.05, 0.1) is 6.61 Å². The lowest BCUT2D eigenvalue weighted by atomic mass is 9.91. The van der Waals surface area contributed by atoms with Gasteiger partial charge in [0, 0.05) is 24.9 Å². The third-order valence-electron chi connectivity index (χ3n) is 5.42. The number of hydrogen-bond acceptors (Lipinski definition) is 3. The SMILES string of the molecule is C[C@]1(Cc2ccccc2F)Cc2cc(C(=O)NCc3ccc(CO)cc3)ccc2O1. The Morgan fingerprint density at radius 3 is 2.57 bits per heavy atom. The molecule has 0 bridgehead atoms. The Kier molecular flexibility index (Phi) is 5.55. The van der Waals surface area contributed by atoms with E-state index >= 15 is 0 Å². The van der Waals surface area contributed by atoms with E-state index < -0.39 is 5.60 Å². The number of rotatable bonds is 6. The van der Waals surface area contributed by atoms with E-state index in [0.717, 1.165) is 22.4 Å². The molecule has 0 radical (unpaired) electrons. The van der Waals surface area contributed by atoms with Crippen molar-refractivity contribution in [1.29, 1.82) is 0 Å². The summed E-state index contributed by atoms with van der Waals surface area (Å²) in [7, 11) is 0. The molecule has 30 heavy (non-hydrogen) atoms. The number of aliphatic hydroxyl groups is 1. The first-order valence-corrected chi connectivity index (χ1v) is 9.98. The minimum atomic E-state index is -0.548. The van der Waals surface area contributed by atoms with Gasteiger partial charge in [0.25, 0.3) is 5.91 Å². The minimum Gasteiger partial charge on any atom is -0.487 e. The summed E-state index contributed by atoms with van der Waals surface area (Å²) in [6, 6.07) is 19.6. The number of aliphatic hydroxyl groups excluding tert-OH is 1. The van der Waals surface area contributed by atoms with Crippen molar-refractivity contribution in [1.82, 2.24) is 5.32 Å². The van der Waals surface area contributed by atoms with Gasteiger partial charge >= 0.3 is 0 Å². The molecule has 0 aromatic heterocycles. The maximum absolute atomic E-state index is 14.1. The van der Waals surface area contributed by atoms with E-state index in [1.54, 1.807) is 18.2 Å². The fourth-order valence-corrected chi connectivity index (χ4v) is 3.85. The summed E-state index contributed by atoms with van der Waals surface area (Å²) in [5.41, 5.74) is 3.39. The van der Waals surface area contributed by atoms with E-state index in [4.69, 9.17) is 9.84 Å². The van der Waals surface area contributed by atoms with E-state index in [0.29, 0.717) is 30.5 Å².